The Labute approximate surface area is 119 Å². The second kappa shape index (κ2) is 6.75. The van der Waals surface area contributed by atoms with Crippen molar-refractivity contribution in [2.24, 2.45) is 5.92 Å². The molecular formula is C15H21N3S. The van der Waals surface area contributed by atoms with Crippen molar-refractivity contribution in [3.63, 3.8) is 0 Å². The minimum Gasteiger partial charge on any atom is -0.302 e. The van der Waals surface area contributed by atoms with Crippen LogP contribution in [-0.4, -0.2) is 20.5 Å². The van der Waals surface area contributed by atoms with Crippen molar-refractivity contribution >= 4 is 11.8 Å². The fourth-order valence-corrected chi connectivity index (χ4v) is 2.72. The van der Waals surface area contributed by atoms with E-state index in [1.54, 1.807) is 11.8 Å². The van der Waals surface area contributed by atoms with Crippen molar-refractivity contribution in [3.05, 3.63) is 30.3 Å². The van der Waals surface area contributed by atoms with Crippen LogP contribution in [0, 0.1) is 5.92 Å². The first kappa shape index (κ1) is 14.1. The lowest BCUT2D eigenvalue weighted by molar-refractivity contribution is 0.498. The lowest BCUT2D eigenvalue weighted by atomic mass is 10.2. The molecule has 19 heavy (non-hydrogen) atoms. The molecule has 0 spiro atoms. The Morgan fingerprint density at radius 1 is 1.16 bits per heavy atom. The summed E-state index contributed by atoms with van der Waals surface area (Å²) in [5.74, 6) is 2.65. The summed E-state index contributed by atoms with van der Waals surface area (Å²) >= 11 is 1.79. The normalized spacial score (nSPS) is 11.2. The third kappa shape index (κ3) is 3.60. The van der Waals surface area contributed by atoms with Crippen LogP contribution in [0.3, 0.4) is 0 Å². The van der Waals surface area contributed by atoms with E-state index in [4.69, 9.17) is 0 Å². The standard InChI is InChI=1S/C15H21N3S/c1-4-10-19-15-17-16-14(18(15)11-12(2)3)13-8-6-5-7-9-13/h5-9,12H,4,10-11H2,1-3H3. The van der Waals surface area contributed by atoms with E-state index in [9.17, 15) is 0 Å². The second-order valence-electron chi connectivity index (χ2n) is 5.03. The number of nitrogens with zero attached hydrogens (tertiary/aromatic N) is 3. The number of rotatable bonds is 6. The molecule has 1 heterocycles. The van der Waals surface area contributed by atoms with Gasteiger partial charge in [0.25, 0.3) is 0 Å². The van der Waals surface area contributed by atoms with Gasteiger partial charge in [-0.25, -0.2) is 0 Å². The van der Waals surface area contributed by atoms with Crippen LogP contribution in [0.15, 0.2) is 35.5 Å². The van der Waals surface area contributed by atoms with Gasteiger partial charge in [-0.15, -0.1) is 10.2 Å². The molecule has 0 saturated heterocycles. The zero-order valence-corrected chi connectivity index (χ0v) is 12.7. The van der Waals surface area contributed by atoms with Crippen LogP contribution in [0.1, 0.15) is 27.2 Å². The molecule has 0 aliphatic heterocycles. The lowest BCUT2D eigenvalue weighted by Gasteiger charge is -2.12. The zero-order valence-electron chi connectivity index (χ0n) is 11.8. The molecular weight excluding hydrogens is 254 g/mol. The number of hydrogen-bond donors (Lipinski definition) is 0. The Hall–Kier alpha value is -1.29. The molecule has 0 atom stereocenters. The molecule has 0 aliphatic rings. The van der Waals surface area contributed by atoms with Gasteiger partial charge in [0.1, 0.15) is 0 Å². The van der Waals surface area contributed by atoms with Gasteiger partial charge < -0.3 is 4.57 Å². The van der Waals surface area contributed by atoms with E-state index in [0.29, 0.717) is 5.92 Å². The fraction of sp³-hybridized carbons (Fsp3) is 0.467. The minimum absolute atomic E-state index is 0.583. The molecule has 0 radical (unpaired) electrons. The number of aromatic nitrogens is 3. The van der Waals surface area contributed by atoms with Crippen LogP contribution < -0.4 is 0 Å². The summed E-state index contributed by atoms with van der Waals surface area (Å²) in [6.07, 6.45) is 1.15. The van der Waals surface area contributed by atoms with Gasteiger partial charge in [-0.2, -0.15) is 0 Å². The zero-order chi connectivity index (χ0) is 13.7. The highest BCUT2D eigenvalue weighted by molar-refractivity contribution is 7.99. The van der Waals surface area contributed by atoms with E-state index < -0.39 is 0 Å². The molecule has 0 fully saturated rings. The van der Waals surface area contributed by atoms with Gasteiger partial charge in [-0.05, 0) is 12.3 Å². The molecule has 3 nitrogen and oxygen atoms in total. The van der Waals surface area contributed by atoms with Gasteiger partial charge in [0, 0.05) is 17.9 Å². The van der Waals surface area contributed by atoms with E-state index in [1.807, 2.05) is 18.2 Å². The first-order chi connectivity index (χ1) is 9.22. The van der Waals surface area contributed by atoms with E-state index in [-0.39, 0.29) is 0 Å². The maximum Gasteiger partial charge on any atom is 0.191 e. The van der Waals surface area contributed by atoms with Gasteiger partial charge in [0.05, 0.1) is 0 Å². The number of hydrogen-bond acceptors (Lipinski definition) is 3. The molecule has 0 N–H and O–H groups in total. The van der Waals surface area contributed by atoms with Crippen molar-refractivity contribution in [3.8, 4) is 11.4 Å². The summed E-state index contributed by atoms with van der Waals surface area (Å²) < 4.78 is 2.25. The molecule has 0 amide bonds. The summed E-state index contributed by atoms with van der Waals surface area (Å²) in [6.45, 7) is 7.60. The number of benzene rings is 1. The van der Waals surface area contributed by atoms with Crippen molar-refractivity contribution in [1.29, 1.82) is 0 Å². The molecule has 0 aliphatic carbocycles. The molecule has 102 valence electrons. The maximum absolute atomic E-state index is 4.38. The largest absolute Gasteiger partial charge is 0.302 e. The smallest absolute Gasteiger partial charge is 0.191 e. The van der Waals surface area contributed by atoms with E-state index >= 15 is 0 Å². The van der Waals surface area contributed by atoms with Gasteiger partial charge in [0.2, 0.25) is 0 Å². The molecule has 0 unspecified atom stereocenters. The van der Waals surface area contributed by atoms with Gasteiger partial charge in [-0.1, -0.05) is 62.9 Å². The molecule has 1 aromatic carbocycles. The predicted molar refractivity (Wildman–Crippen MR) is 81.3 cm³/mol. The Bertz CT molecular complexity index is 505. The Balaban J connectivity index is 2.35. The average molecular weight is 275 g/mol. The maximum atomic E-state index is 4.38. The van der Waals surface area contributed by atoms with E-state index in [0.717, 1.165) is 35.3 Å². The Morgan fingerprint density at radius 2 is 1.89 bits per heavy atom. The molecule has 4 heteroatoms. The van der Waals surface area contributed by atoms with Crippen molar-refractivity contribution < 1.29 is 0 Å². The lowest BCUT2D eigenvalue weighted by Crippen LogP contribution is -2.07. The highest BCUT2D eigenvalue weighted by Gasteiger charge is 2.14. The third-order valence-electron chi connectivity index (χ3n) is 2.73. The highest BCUT2D eigenvalue weighted by Crippen LogP contribution is 2.25. The SMILES string of the molecule is CCCSc1nnc(-c2ccccc2)n1CC(C)C. The topological polar surface area (TPSA) is 30.7 Å². The second-order valence-corrected chi connectivity index (χ2v) is 6.09. The molecule has 0 saturated carbocycles. The van der Waals surface area contributed by atoms with Crippen LogP contribution in [0.25, 0.3) is 11.4 Å². The summed E-state index contributed by atoms with van der Waals surface area (Å²) in [5.41, 5.74) is 1.14. The highest BCUT2D eigenvalue weighted by atomic mass is 32.2. The number of thioether (sulfide) groups is 1. The third-order valence-corrected chi connectivity index (χ3v) is 3.90. The van der Waals surface area contributed by atoms with Crippen LogP contribution in [-0.2, 0) is 6.54 Å². The molecule has 0 bridgehead atoms. The van der Waals surface area contributed by atoms with Crippen molar-refractivity contribution in [1.82, 2.24) is 14.8 Å². The van der Waals surface area contributed by atoms with Crippen LogP contribution >= 0.6 is 11.8 Å². The van der Waals surface area contributed by atoms with Gasteiger partial charge in [-0.3, -0.25) is 0 Å². The van der Waals surface area contributed by atoms with E-state index in [1.165, 1.54) is 0 Å². The first-order valence-electron chi connectivity index (χ1n) is 6.83. The summed E-state index contributed by atoms with van der Waals surface area (Å²) in [6, 6.07) is 10.3. The van der Waals surface area contributed by atoms with Gasteiger partial charge in [0.15, 0.2) is 11.0 Å². The van der Waals surface area contributed by atoms with E-state index in [2.05, 4.69) is 47.7 Å². The fourth-order valence-electron chi connectivity index (χ4n) is 1.92. The van der Waals surface area contributed by atoms with Gasteiger partial charge >= 0.3 is 0 Å². The van der Waals surface area contributed by atoms with Crippen molar-refractivity contribution in [2.75, 3.05) is 5.75 Å². The Kier molecular flexibility index (Phi) is 5.02. The summed E-state index contributed by atoms with van der Waals surface area (Å²) in [7, 11) is 0. The average Bonchev–Trinajstić information content (AvgIpc) is 2.79. The molecule has 1 aromatic heterocycles. The molecule has 2 aromatic rings. The monoisotopic (exact) mass is 275 g/mol. The van der Waals surface area contributed by atoms with Crippen molar-refractivity contribution in [2.45, 2.75) is 38.9 Å². The first-order valence-corrected chi connectivity index (χ1v) is 7.82. The minimum atomic E-state index is 0.583. The molecule has 2 rings (SSSR count). The van der Waals surface area contributed by atoms with Crippen LogP contribution in [0.4, 0.5) is 0 Å². The summed E-state index contributed by atoms with van der Waals surface area (Å²) in [5, 5.41) is 9.78. The van der Waals surface area contributed by atoms with Crippen LogP contribution in [0.2, 0.25) is 0 Å². The summed E-state index contributed by atoms with van der Waals surface area (Å²) in [4.78, 5) is 0. The van der Waals surface area contributed by atoms with Crippen LogP contribution in [0.5, 0.6) is 0 Å². The quantitative estimate of drug-likeness (QED) is 0.744. The Morgan fingerprint density at radius 3 is 2.53 bits per heavy atom. The predicted octanol–water partition coefficient (Wildman–Crippen LogP) is 4.10.